The molecule has 6 nitrogen and oxygen atoms in total. The highest BCUT2D eigenvalue weighted by molar-refractivity contribution is 5.78. The van der Waals surface area contributed by atoms with Crippen molar-refractivity contribution >= 4 is 11.9 Å². The van der Waals surface area contributed by atoms with Crippen LogP contribution in [0.15, 0.2) is 0 Å². The van der Waals surface area contributed by atoms with E-state index in [0.717, 1.165) is 0 Å². The Labute approximate surface area is 88.3 Å². The summed E-state index contributed by atoms with van der Waals surface area (Å²) in [6.07, 6.45) is 0.376. The predicted octanol–water partition coefficient (Wildman–Crippen LogP) is -0.527. The van der Waals surface area contributed by atoms with Crippen molar-refractivity contribution in [1.29, 1.82) is 0 Å². The lowest BCUT2D eigenvalue weighted by Crippen LogP contribution is -2.50. The maximum Gasteiger partial charge on any atom is 0.320 e. The Balaban J connectivity index is 4.71. The fourth-order valence-corrected chi connectivity index (χ4v) is 1.43. The second-order valence-electron chi connectivity index (χ2n) is 4.02. The Morgan fingerprint density at radius 2 is 1.40 bits per heavy atom. The van der Waals surface area contributed by atoms with Crippen LogP contribution in [0.4, 0.5) is 0 Å². The van der Waals surface area contributed by atoms with E-state index >= 15 is 0 Å². The average Bonchev–Trinajstić information content (AvgIpc) is 2.11. The molecule has 0 aliphatic carbocycles. The summed E-state index contributed by atoms with van der Waals surface area (Å²) in [7, 11) is 0. The van der Waals surface area contributed by atoms with Crippen molar-refractivity contribution in [1.82, 2.24) is 0 Å². The molecule has 0 bridgehead atoms. The smallest absolute Gasteiger partial charge is 0.320 e. The van der Waals surface area contributed by atoms with Crippen molar-refractivity contribution in [3.05, 3.63) is 0 Å². The number of nitrogens with two attached hydrogens (primary N) is 2. The highest BCUT2D eigenvalue weighted by Crippen LogP contribution is 2.18. The molecule has 0 spiro atoms. The first-order valence-electron chi connectivity index (χ1n) is 4.74. The summed E-state index contributed by atoms with van der Waals surface area (Å²) in [6.45, 7) is 3.71. The molecule has 0 aromatic rings. The van der Waals surface area contributed by atoms with Gasteiger partial charge in [0.15, 0.2) is 0 Å². The van der Waals surface area contributed by atoms with E-state index in [0.29, 0.717) is 6.42 Å². The van der Waals surface area contributed by atoms with Gasteiger partial charge >= 0.3 is 11.9 Å². The van der Waals surface area contributed by atoms with E-state index in [1.165, 1.54) is 0 Å². The zero-order valence-electron chi connectivity index (χ0n) is 8.88. The van der Waals surface area contributed by atoms with E-state index in [-0.39, 0.29) is 5.92 Å². The Morgan fingerprint density at radius 1 is 1.07 bits per heavy atom. The summed E-state index contributed by atoms with van der Waals surface area (Å²) in [5.41, 5.74) is 10.8. The predicted molar refractivity (Wildman–Crippen MR) is 54.2 cm³/mol. The first kappa shape index (κ1) is 13.9. The van der Waals surface area contributed by atoms with Crippen LogP contribution < -0.4 is 11.5 Å². The molecule has 15 heavy (non-hydrogen) atoms. The third-order valence-electron chi connectivity index (χ3n) is 2.24. The molecular weight excluding hydrogens is 200 g/mol. The number of carboxylic acids is 2. The number of hydrogen-bond acceptors (Lipinski definition) is 4. The van der Waals surface area contributed by atoms with E-state index < -0.39 is 29.9 Å². The molecule has 0 amide bonds. The van der Waals surface area contributed by atoms with Gasteiger partial charge in [0, 0.05) is 5.92 Å². The molecule has 6 heteroatoms. The van der Waals surface area contributed by atoms with Gasteiger partial charge in [-0.25, -0.2) is 0 Å². The van der Waals surface area contributed by atoms with Gasteiger partial charge in [0.25, 0.3) is 0 Å². The molecule has 6 N–H and O–H groups in total. The van der Waals surface area contributed by atoms with Crippen LogP contribution in [-0.4, -0.2) is 34.2 Å². The monoisotopic (exact) mass is 218 g/mol. The van der Waals surface area contributed by atoms with Crippen LogP contribution in [0.3, 0.4) is 0 Å². The summed E-state index contributed by atoms with van der Waals surface area (Å²) in [6, 6.07) is -2.48. The van der Waals surface area contributed by atoms with E-state index in [4.69, 9.17) is 21.7 Å². The number of hydrogen-bond donors (Lipinski definition) is 4. The largest absolute Gasteiger partial charge is 0.480 e. The second-order valence-corrected chi connectivity index (χ2v) is 4.02. The number of carbonyl (C=O) groups is 2. The van der Waals surface area contributed by atoms with Crippen molar-refractivity contribution in [2.75, 3.05) is 0 Å². The third-order valence-corrected chi connectivity index (χ3v) is 2.24. The molecule has 0 fully saturated rings. The molecule has 88 valence electrons. The van der Waals surface area contributed by atoms with Crippen LogP contribution in [0.2, 0.25) is 0 Å². The third kappa shape index (κ3) is 4.26. The molecule has 2 unspecified atom stereocenters. The number of carboxylic acid groups (broad SMARTS) is 2. The first-order valence-corrected chi connectivity index (χ1v) is 4.74. The summed E-state index contributed by atoms with van der Waals surface area (Å²) in [5.74, 6) is -3.06. The van der Waals surface area contributed by atoms with Gasteiger partial charge in [-0.15, -0.1) is 0 Å². The normalized spacial score (nSPS) is 17.1. The minimum Gasteiger partial charge on any atom is -0.480 e. The molecule has 0 saturated carbocycles. The summed E-state index contributed by atoms with van der Waals surface area (Å²) in [4.78, 5) is 21.4. The van der Waals surface area contributed by atoms with Crippen molar-refractivity contribution in [3.63, 3.8) is 0 Å². The Bertz CT molecular complexity index is 222. The van der Waals surface area contributed by atoms with Gasteiger partial charge in [0.2, 0.25) is 0 Å². The van der Waals surface area contributed by atoms with Crippen molar-refractivity contribution < 1.29 is 19.8 Å². The SMILES string of the molecule is CC(C)CC(C(N)C(=O)O)[C@H](N)C(=O)O. The van der Waals surface area contributed by atoms with Crippen molar-refractivity contribution in [2.24, 2.45) is 23.3 Å². The van der Waals surface area contributed by atoms with Gasteiger partial charge in [0.1, 0.15) is 12.1 Å². The minimum atomic E-state index is -1.24. The van der Waals surface area contributed by atoms with Crippen LogP contribution in [-0.2, 0) is 9.59 Å². The average molecular weight is 218 g/mol. The summed E-state index contributed by atoms with van der Waals surface area (Å²) < 4.78 is 0. The summed E-state index contributed by atoms with van der Waals surface area (Å²) in [5, 5.41) is 17.4. The fourth-order valence-electron chi connectivity index (χ4n) is 1.43. The minimum absolute atomic E-state index is 0.144. The second kappa shape index (κ2) is 5.67. The van der Waals surface area contributed by atoms with Gasteiger partial charge in [-0.1, -0.05) is 13.8 Å². The van der Waals surface area contributed by atoms with E-state index in [9.17, 15) is 9.59 Å². The van der Waals surface area contributed by atoms with Gasteiger partial charge in [-0.05, 0) is 12.3 Å². The zero-order valence-corrected chi connectivity index (χ0v) is 8.88. The molecule has 0 aliphatic heterocycles. The quantitative estimate of drug-likeness (QED) is 0.474. The van der Waals surface area contributed by atoms with E-state index in [2.05, 4.69) is 0 Å². The Hall–Kier alpha value is -1.14. The lowest BCUT2D eigenvalue weighted by Gasteiger charge is -2.25. The molecule has 0 aromatic heterocycles. The molecule has 0 aromatic carbocycles. The van der Waals surface area contributed by atoms with Gasteiger partial charge in [-0.2, -0.15) is 0 Å². The first-order chi connectivity index (χ1) is 6.77. The van der Waals surface area contributed by atoms with Gasteiger partial charge < -0.3 is 21.7 Å². The fraction of sp³-hybridized carbons (Fsp3) is 0.778. The van der Waals surface area contributed by atoms with Crippen LogP contribution in [0, 0.1) is 11.8 Å². The zero-order chi connectivity index (χ0) is 12.2. The maximum atomic E-state index is 10.7. The lowest BCUT2D eigenvalue weighted by molar-refractivity contribution is -0.143. The maximum absolute atomic E-state index is 10.7. The summed E-state index contributed by atoms with van der Waals surface area (Å²) >= 11 is 0. The molecule has 0 rings (SSSR count). The molecule has 3 atom stereocenters. The molecule has 0 heterocycles. The Kier molecular flexibility index (Phi) is 5.24. The van der Waals surface area contributed by atoms with Crippen molar-refractivity contribution in [3.8, 4) is 0 Å². The highest BCUT2D eigenvalue weighted by atomic mass is 16.4. The van der Waals surface area contributed by atoms with Crippen molar-refractivity contribution in [2.45, 2.75) is 32.4 Å². The van der Waals surface area contributed by atoms with Gasteiger partial charge in [-0.3, -0.25) is 9.59 Å². The molecular formula is C9H18N2O4. The standard InChI is InChI=1S/C9H18N2O4/c1-4(2)3-5(6(10)8(12)13)7(11)9(14)15/h4-7H,3,10-11H2,1-2H3,(H,12,13)(H,14,15)/t5?,6-,7?/m0/s1. The van der Waals surface area contributed by atoms with Crippen LogP contribution >= 0.6 is 0 Å². The van der Waals surface area contributed by atoms with Gasteiger partial charge in [0.05, 0.1) is 0 Å². The van der Waals surface area contributed by atoms with Crippen LogP contribution in [0.1, 0.15) is 20.3 Å². The van der Waals surface area contributed by atoms with E-state index in [1.807, 2.05) is 13.8 Å². The number of aliphatic carboxylic acids is 2. The van der Waals surface area contributed by atoms with Crippen LogP contribution in [0.5, 0.6) is 0 Å². The highest BCUT2D eigenvalue weighted by Gasteiger charge is 2.33. The lowest BCUT2D eigenvalue weighted by atomic mass is 9.85. The number of rotatable bonds is 6. The topological polar surface area (TPSA) is 127 Å². The van der Waals surface area contributed by atoms with Crippen LogP contribution in [0.25, 0.3) is 0 Å². The molecule has 0 aliphatic rings. The molecule has 0 radical (unpaired) electrons. The molecule has 0 saturated heterocycles. The van der Waals surface area contributed by atoms with E-state index in [1.54, 1.807) is 0 Å². The Morgan fingerprint density at radius 3 is 1.60 bits per heavy atom.